The van der Waals surface area contributed by atoms with Crippen LogP contribution in [0.5, 0.6) is 0 Å². The van der Waals surface area contributed by atoms with Crippen LogP contribution < -0.4 is 15.9 Å². The maximum Gasteiger partial charge on any atom is 0.546 e. The van der Waals surface area contributed by atoms with E-state index in [2.05, 4.69) is 17.6 Å². The standard InChI is InChI=1S/C31H38N3O7P/c1-4-6-8-13-25(26(5-2)34(21-35)40-19-23-11-9-7-10-12-23)30(36)32-20-33-31(37)28-16-15-27(41-28)24-14-17-29(42(38)39)22(3)18-24/h7,9-12,14-18,21,25-26H,4-6,8,13,19-20H2,1-3H3,(H2-,32,33,36,37,38,39)/p+1. The van der Waals surface area contributed by atoms with Crippen molar-refractivity contribution in [2.75, 3.05) is 6.67 Å². The highest BCUT2D eigenvalue weighted by atomic mass is 31.1. The predicted octanol–water partition coefficient (Wildman–Crippen LogP) is 4.98. The maximum atomic E-state index is 13.3. The van der Waals surface area contributed by atoms with Crippen LogP contribution in [0.2, 0.25) is 0 Å². The Morgan fingerprint density at radius 1 is 1.07 bits per heavy atom. The predicted molar refractivity (Wildman–Crippen MR) is 160 cm³/mol. The van der Waals surface area contributed by atoms with E-state index in [1.807, 2.05) is 37.3 Å². The molecule has 3 atom stereocenters. The average molecular weight is 597 g/mol. The van der Waals surface area contributed by atoms with Gasteiger partial charge in [-0.15, -0.1) is 0 Å². The Morgan fingerprint density at radius 2 is 1.83 bits per heavy atom. The first-order chi connectivity index (χ1) is 20.3. The molecule has 0 aliphatic rings. The van der Waals surface area contributed by atoms with Crippen LogP contribution >= 0.6 is 8.03 Å². The molecule has 1 aromatic heterocycles. The summed E-state index contributed by atoms with van der Waals surface area (Å²) < 4.78 is 17.1. The summed E-state index contributed by atoms with van der Waals surface area (Å²) in [6.07, 6.45) is 4.44. The first-order valence-electron chi connectivity index (χ1n) is 14.1. The lowest BCUT2D eigenvalue weighted by Crippen LogP contribution is -2.48. The molecule has 3 rings (SSSR count). The van der Waals surface area contributed by atoms with Gasteiger partial charge < -0.3 is 15.1 Å². The van der Waals surface area contributed by atoms with E-state index in [0.29, 0.717) is 41.4 Å². The molecule has 0 saturated heterocycles. The van der Waals surface area contributed by atoms with E-state index in [0.717, 1.165) is 24.8 Å². The summed E-state index contributed by atoms with van der Waals surface area (Å²) in [7, 11) is -2.45. The fraction of sp³-hybridized carbons (Fsp3) is 0.387. The number of nitrogens with one attached hydrogen (secondary N) is 2. The van der Waals surface area contributed by atoms with Gasteiger partial charge in [-0.2, -0.15) is 4.89 Å². The number of hydrogen-bond donors (Lipinski definition) is 3. The second-order valence-electron chi connectivity index (χ2n) is 9.96. The highest BCUT2D eigenvalue weighted by Crippen LogP contribution is 2.26. The molecule has 0 saturated carbocycles. The lowest BCUT2D eigenvalue weighted by atomic mass is 9.90. The molecule has 224 valence electrons. The third-order valence-electron chi connectivity index (χ3n) is 7.02. The molecule has 3 N–H and O–H groups in total. The number of carbonyl (C=O) groups excluding carboxylic acids is 3. The molecular weight excluding hydrogens is 557 g/mol. The molecule has 0 bridgehead atoms. The normalized spacial score (nSPS) is 12.7. The minimum absolute atomic E-state index is 0.0570. The van der Waals surface area contributed by atoms with Gasteiger partial charge in [0.05, 0.1) is 18.6 Å². The Kier molecular flexibility index (Phi) is 12.9. The minimum atomic E-state index is -2.45. The lowest BCUT2D eigenvalue weighted by Gasteiger charge is -2.32. The molecule has 3 unspecified atom stereocenters. The molecule has 0 spiro atoms. The number of rotatable bonds is 17. The van der Waals surface area contributed by atoms with Crippen molar-refractivity contribution in [3.63, 3.8) is 0 Å². The van der Waals surface area contributed by atoms with Crippen molar-refractivity contribution in [1.29, 1.82) is 0 Å². The monoisotopic (exact) mass is 596 g/mol. The zero-order chi connectivity index (χ0) is 30.5. The maximum absolute atomic E-state index is 13.3. The van der Waals surface area contributed by atoms with E-state index >= 15 is 0 Å². The summed E-state index contributed by atoms with van der Waals surface area (Å²) in [6.45, 7) is 5.78. The van der Waals surface area contributed by atoms with Gasteiger partial charge >= 0.3 is 8.03 Å². The Balaban J connectivity index is 1.61. The number of benzene rings is 2. The number of unbranched alkanes of at least 4 members (excludes halogenated alkanes) is 2. The van der Waals surface area contributed by atoms with Crippen LogP contribution in [-0.2, 0) is 25.6 Å². The molecule has 0 radical (unpaired) electrons. The van der Waals surface area contributed by atoms with Crippen LogP contribution in [0, 0.1) is 12.8 Å². The molecule has 0 aliphatic heterocycles. The van der Waals surface area contributed by atoms with Crippen LogP contribution in [0.1, 0.15) is 67.6 Å². The molecule has 2 aromatic carbocycles. The van der Waals surface area contributed by atoms with E-state index in [-0.39, 0.29) is 24.9 Å². The Bertz CT molecular complexity index is 1350. The van der Waals surface area contributed by atoms with Crippen molar-refractivity contribution >= 4 is 31.6 Å². The van der Waals surface area contributed by atoms with Gasteiger partial charge in [0, 0.05) is 11.1 Å². The second kappa shape index (κ2) is 16.6. The zero-order valence-corrected chi connectivity index (χ0v) is 25.1. The third kappa shape index (κ3) is 9.08. The molecule has 3 amide bonds. The SMILES string of the molecule is CCCCCC(C(=O)NCNC(=O)c1ccc(-c2ccc([P+](=O)O)c(C)c2)o1)C(CC)N(C=O)OCc1ccccc1. The zero-order valence-electron chi connectivity index (χ0n) is 24.2. The highest BCUT2D eigenvalue weighted by Gasteiger charge is 2.32. The summed E-state index contributed by atoms with van der Waals surface area (Å²) in [6, 6.07) is 17.1. The molecular formula is C31H39N3O7P+. The number of hydrogen-bond acceptors (Lipinski definition) is 6. The Hall–Kier alpha value is -3.85. The summed E-state index contributed by atoms with van der Waals surface area (Å²) in [4.78, 5) is 53.2. The van der Waals surface area contributed by atoms with E-state index in [1.54, 1.807) is 31.2 Å². The van der Waals surface area contributed by atoms with Crippen LogP contribution in [0.4, 0.5) is 0 Å². The van der Waals surface area contributed by atoms with E-state index in [1.165, 1.54) is 11.1 Å². The fourth-order valence-corrected chi connectivity index (χ4v) is 5.32. The molecule has 0 aliphatic carbocycles. The number of aryl methyl sites for hydroxylation is 1. The lowest BCUT2D eigenvalue weighted by molar-refractivity contribution is -0.200. The summed E-state index contributed by atoms with van der Waals surface area (Å²) in [5, 5.41) is 7.00. The van der Waals surface area contributed by atoms with E-state index in [4.69, 9.17) is 9.25 Å². The van der Waals surface area contributed by atoms with Gasteiger partial charge in [0.1, 0.15) is 12.4 Å². The number of amides is 3. The molecule has 11 heteroatoms. The molecule has 0 fully saturated rings. The van der Waals surface area contributed by atoms with Crippen molar-refractivity contribution in [3.8, 4) is 11.3 Å². The Labute approximate surface area is 247 Å². The number of furan rings is 1. The smallest absolute Gasteiger partial charge is 0.451 e. The Morgan fingerprint density at radius 3 is 2.48 bits per heavy atom. The summed E-state index contributed by atoms with van der Waals surface area (Å²) >= 11 is 0. The first-order valence-corrected chi connectivity index (χ1v) is 15.3. The van der Waals surface area contributed by atoms with Gasteiger partial charge in [0.25, 0.3) is 5.91 Å². The fourth-order valence-electron chi connectivity index (χ4n) is 4.75. The molecule has 1 heterocycles. The first kappa shape index (κ1) is 32.7. The average Bonchev–Trinajstić information content (AvgIpc) is 3.49. The van der Waals surface area contributed by atoms with E-state index in [9.17, 15) is 23.8 Å². The third-order valence-corrected chi connectivity index (χ3v) is 7.93. The van der Waals surface area contributed by atoms with E-state index < -0.39 is 25.9 Å². The van der Waals surface area contributed by atoms with Gasteiger partial charge in [-0.05, 0) is 60.2 Å². The van der Waals surface area contributed by atoms with Gasteiger partial charge in [-0.25, -0.2) is 5.06 Å². The number of carbonyl (C=O) groups is 3. The van der Waals surface area contributed by atoms with Crippen LogP contribution in [-0.4, -0.2) is 40.9 Å². The van der Waals surface area contributed by atoms with Crippen molar-refractivity contribution < 1.29 is 33.1 Å². The molecule has 3 aromatic rings. The quantitative estimate of drug-likeness (QED) is 0.0657. The molecule has 10 nitrogen and oxygen atoms in total. The van der Waals surface area contributed by atoms with Gasteiger partial charge in [-0.1, -0.05) is 63.4 Å². The van der Waals surface area contributed by atoms with Crippen LogP contribution in [0.3, 0.4) is 0 Å². The van der Waals surface area contributed by atoms with Crippen molar-refractivity contribution in [2.24, 2.45) is 5.92 Å². The van der Waals surface area contributed by atoms with Crippen LogP contribution in [0.15, 0.2) is 65.1 Å². The van der Waals surface area contributed by atoms with Crippen LogP contribution in [0.25, 0.3) is 11.3 Å². The molecule has 42 heavy (non-hydrogen) atoms. The van der Waals surface area contributed by atoms with Gasteiger partial charge in [0.2, 0.25) is 17.6 Å². The number of hydroxylamine groups is 2. The van der Waals surface area contributed by atoms with Crippen molar-refractivity contribution in [2.45, 2.75) is 65.5 Å². The largest absolute Gasteiger partial charge is 0.546 e. The summed E-state index contributed by atoms with van der Waals surface area (Å²) in [5.74, 6) is -0.843. The summed E-state index contributed by atoms with van der Waals surface area (Å²) in [5.41, 5.74) is 2.21. The topological polar surface area (TPSA) is 138 Å². The van der Waals surface area contributed by atoms with Crippen molar-refractivity contribution in [1.82, 2.24) is 15.7 Å². The highest BCUT2D eigenvalue weighted by molar-refractivity contribution is 7.47. The van der Waals surface area contributed by atoms with Crippen molar-refractivity contribution in [3.05, 3.63) is 77.6 Å². The minimum Gasteiger partial charge on any atom is -0.451 e. The second-order valence-corrected chi connectivity index (χ2v) is 11.0. The van der Waals surface area contributed by atoms with Gasteiger partial charge in [-0.3, -0.25) is 19.2 Å². The number of nitrogens with zero attached hydrogens (tertiary/aromatic N) is 1. The van der Waals surface area contributed by atoms with Gasteiger partial charge in [0.15, 0.2) is 5.76 Å².